The molecule has 0 saturated carbocycles. The molecule has 0 aliphatic carbocycles. The van der Waals surface area contributed by atoms with Gasteiger partial charge in [0.2, 0.25) is 0 Å². The molecule has 1 heterocycles. The summed E-state index contributed by atoms with van der Waals surface area (Å²) in [7, 11) is 1.57. The summed E-state index contributed by atoms with van der Waals surface area (Å²) in [5.74, 6) is 0.317. The highest BCUT2D eigenvalue weighted by Gasteiger charge is 2.15. The average molecular weight is 276 g/mol. The summed E-state index contributed by atoms with van der Waals surface area (Å²) in [6.45, 7) is 2.26. The number of ether oxygens (including phenoxy) is 1. The van der Waals surface area contributed by atoms with Gasteiger partial charge in [0.05, 0.1) is 6.61 Å². The van der Waals surface area contributed by atoms with Crippen molar-refractivity contribution in [1.29, 1.82) is 0 Å². The summed E-state index contributed by atoms with van der Waals surface area (Å²) in [5.41, 5.74) is 0.940. The van der Waals surface area contributed by atoms with Gasteiger partial charge in [0.25, 0.3) is 5.91 Å². The van der Waals surface area contributed by atoms with E-state index in [9.17, 15) is 9.90 Å². The van der Waals surface area contributed by atoms with Crippen molar-refractivity contribution < 1.29 is 19.2 Å². The van der Waals surface area contributed by atoms with Crippen LogP contribution in [-0.2, 0) is 4.74 Å². The summed E-state index contributed by atoms with van der Waals surface area (Å²) < 4.78 is 10.1. The minimum Gasteiger partial charge on any atom is -0.508 e. The molecule has 106 valence electrons. The predicted octanol–water partition coefficient (Wildman–Crippen LogP) is 1.81. The van der Waals surface area contributed by atoms with Crippen LogP contribution in [0, 0.1) is 0 Å². The van der Waals surface area contributed by atoms with Crippen LogP contribution < -0.4 is 5.32 Å². The number of carbonyl (C=O) groups excluding carboxylic acids is 1. The van der Waals surface area contributed by atoms with Gasteiger partial charge in [-0.25, -0.2) is 0 Å². The molecular weight excluding hydrogens is 260 g/mol. The lowest BCUT2D eigenvalue weighted by Gasteiger charge is -2.10. The molecule has 0 radical (unpaired) electrons. The van der Waals surface area contributed by atoms with Crippen LogP contribution in [0.2, 0.25) is 0 Å². The maximum Gasteiger partial charge on any atom is 0.273 e. The molecular formula is C14H16N2O4. The second-order valence-corrected chi connectivity index (χ2v) is 4.45. The van der Waals surface area contributed by atoms with Gasteiger partial charge >= 0.3 is 0 Å². The number of aromatic hydroxyl groups is 1. The molecule has 1 amide bonds. The summed E-state index contributed by atoms with van der Waals surface area (Å²) >= 11 is 0. The first-order valence-corrected chi connectivity index (χ1v) is 6.16. The number of rotatable bonds is 5. The largest absolute Gasteiger partial charge is 0.508 e. The summed E-state index contributed by atoms with van der Waals surface area (Å²) in [6, 6.07) is 7.90. The molecule has 20 heavy (non-hydrogen) atoms. The lowest BCUT2D eigenvalue weighted by atomic mass is 10.1. The molecule has 1 atom stereocenters. The number of nitrogens with zero attached hydrogens (tertiary/aromatic N) is 1. The number of nitrogens with one attached hydrogen (secondary N) is 1. The minimum absolute atomic E-state index is 0.110. The van der Waals surface area contributed by atoms with E-state index in [4.69, 9.17) is 9.26 Å². The Kier molecular flexibility index (Phi) is 4.37. The number of hydrogen-bond donors (Lipinski definition) is 2. The van der Waals surface area contributed by atoms with Crippen molar-refractivity contribution in [2.75, 3.05) is 13.7 Å². The van der Waals surface area contributed by atoms with Crippen LogP contribution in [0.3, 0.4) is 0 Å². The maximum absolute atomic E-state index is 11.9. The van der Waals surface area contributed by atoms with Gasteiger partial charge in [-0.05, 0) is 31.2 Å². The van der Waals surface area contributed by atoms with E-state index >= 15 is 0 Å². The number of aromatic nitrogens is 1. The maximum atomic E-state index is 11.9. The standard InChI is InChI=1S/C14H16N2O4/c1-9(8-19-2)15-14(18)12-7-13(20-16-12)10-3-5-11(17)6-4-10/h3-7,9,17H,8H2,1-2H3,(H,15,18)/t9-/m1/s1. The van der Waals surface area contributed by atoms with Gasteiger partial charge in [-0.3, -0.25) is 4.79 Å². The van der Waals surface area contributed by atoms with Gasteiger partial charge in [-0.2, -0.15) is 0 Å². The Morgan fingerprint density at radius 3 is 2.80 bits per heavy atom. The van der Waals surface area contributed by atoms with Crippen molar-refractivity contribution in [3.8, 4) is 17.1 Å². The third kappa shape index (κ3) is 3.36. The predicted molar refractivity (Wildman–Crippen MR) is 72.4 cm³/mol. The van der Waals surface area contributed by atoms with Gasteiger partial charge in [0, 0.05) is 24.8 Å². The first-order chi connectivity index (χ1) is 9.60. The van der Waals surface area contributed by atoms with E-state index in [-0.39, 0.29) is 23.4 Å². The zero-order chi connectivity index (χ0) is 14.5. The molecule has 0 saturated heterocycles. The number of phenols is 1. The van der Waals surface area contributed by atoms with Crippen LogP contribution in [-0.4, -0.2) is 35.9 Å². The number of benzene rings is 1. The van der Waals surface area contributed by atoms with Gasteiger partial charge in [-0.1, -0.05) is 5.16 Å². The molecule has 0 aliphatic rings. The number of hydrogen-bond acceptors (Lipinski definition) is 5. The first kappa shape index (κ1) is 14.1. The Hall–Kier alpha value is -2.34. The van der Waals surface area contributed by atoms with E-state index in [0.29, 0.717) is 12.4 Å². The van der Waals surface area contributed by atoms with Crippen LogP contribution in [0.15, 0.2) is 34.9 Å². The van der Waals surface area contributed by atoms with Gasteiger partial charge < -0.3 is 19.7 Å². The van der Waals surface area contributed by atoms with E-state index in [1.54, 1.807) is 25.3 Å². The van der Waals surface area contributed by atoms with E-state index in [1.807, 2.05) is 6.92 Å². The van der Waals surface area contributed by atoms with Crippen LogP contribution in [0.25, 0.3) is 11.3 Å². The molecule has 1 aromatic carbocycles. The summed E-state index contributed by atoms with van der Waals surface area (Å²) in [6.07, 6.45) is 0. The Labute approximate surface area is 116 Å². The summed E-state index contributed by atoms with van der Waals surface area (Å²) in [4.78, 5) is 11.9. The lowest BCUT2D eigenvalue weighted by Crippen LogP contribution is -2.35. The third-order valence-corrected chi connectivity index (χ3v) is 2.69. The van der Waals surface area contributed by atoms with Crippen LogP contribution >= 0.6 is 0 Å². The minimum atomic E-state index is -0.316. The van der Waals surface area contributed by atoms with E-state index in [0.717, 1.165) is 5.56 Å². The topological polar surface area (TPSA) is 84.6 Å². The fraction of sp³-hybridized carbons (Fsp3) is 0.286. The van der Waals surface area contributed by atoms with E-state index in [2.05, 4.69) is 10.5 Å². The van der Waals surface area contributed by atoms with Crippen molar-refractivity contribution in [3.63, 3.8) is 0 Å². The molecule has 1 aromatic heterocycles. The second-order valence-electron chi connectivity index (χ2n) is 4.45. The van der Waals surface area contributed by atoms with Crippen molar-refractivity contribution in [2.24, 2.45) is 0 Å². The van der Waals surface area contributed by atoms with Crippen molar-refractivity contribution >= 4 is 5.91 Å². The summed E-state index contributed by atoms with van der Waals surface area (Å²) in [5, 5.41) is 15.7. The molecule has 0 fully saturated rings. The zero-order valence-corrected chi connectivity index (χ0v) is 11.3. The van der Waals surface area contributed by atoms with Crippen molar-refractivity contribution in [1.82, 2.24) is 10.5 Å². The smallest absolute Gasteiger partial charge is 0.273 e. The molecule has 2 aromatic rings. The lowest BCUT2D eigenvalue weighted by molar-refractivity contribution is 0.0896. The number of methoxy groups -OCH3 is 1. The van der Waals surface area contributed by atoms with E-state index in [1.165, 1.54) is 12.1 Å². The molecule has 0 bridgehead atoms. The molecule has 2 N–H and O–H groups in total. The Balaban J connectivity index is 2.08. The van der Waals surface area contributed by atoms with Crippen molar-refractivity contribution in [3.05, 3.63) is 36.0 Å². The van der Waals surface area contributed by atoms with E-state index < -0.39 is 0 Å². The monoisotopic (exact) mass is 276 g/mol. The number of carbonyl (C=O) groups is 1. The van der Waals surface area contributed by atoms with Crippen LogP contribution in [0.4, 0.5) is 0 Å². The SMILES string of the molecule is COC[C@@H](C)NC(=O)c1cc(-c2ccc(O)cc2)on1. The number of amides is 1. The van der Waals surface area contributed by atoms with Crippen LogP contribution in [0.5, 0.6) is 5.75 Å². The highest BCUT2D eigenvalue weighted by molar-refractivity contribution is 5.93. The Bertz CT molecular complexity index is 577. The van der Waals surface area contributed by atoms with Crippen LogP contribution in [0.1, 0.15) is 17.4 Å². The van der Waals surface area contributed by atoms with Gasteiger partial charge in [0.15, 0.2) is 11.5 Å². The number of phenolic OH excluding ortho intramolecular Hbond substituents is 1. The highest BCUT2D eigenvalue weighted by atomic mass is 16.5. The molecule has 6 nitrogen and oxygen atoms in total. The fourth-order valence-corrected chi connectivity index (χ4v) is 1.73. The second kappa shape index (κ2) is 6.21. The Morgan fingerprint density at radius 2 is 2.15 bits per heavy atom. The molecule has 0 spiro atoms. The zero-order valence-electron chi connectivity index (χ0n) is 11.3. The van der Waals surface area contributed by atoms with Gasteiger partial charge in [0.1, 0.15) is 5.75 Å². The molecule has 2 rings (SSSR count). The first-order valence-electron chi connectivity index (χ1n) is 6.16. The normalized spacial score (nSPS) is 12.1. The Morgan fingerprint density at radius 1 is 1.45 bits per heavy atom. The molecule has 0 unspecified atom stereocenters. The quantitative estimate of drug-likeness (QED) is 0.870. The third-order valence-electron chi connectivity index (χ3n) is 2.69. The van der Waals surface area contributed by atoms with Gasteiger partial charge in [-0.15, -0.1) is 0 Å². The molecule has 0 aliphatic heterocycles. The average Bonchev–Trinajstić information content (AvgIpc) is 2.89. The van der Waals surface area contributed by atoms with Crippen molar-refractivity contribution in [2.45, 2.75) is 13.0 Å². The molecule has 6 heteroatoms. The highest BCUT2D eigenvalue weighted by Crippen LogP contribution is 2.22. The fourth-order valence-electron chi connectivity index (χ4n) is 1.73.